The lowest BCUT2D eigenvalue weighted by Crippen LogP contribution is -2.41. The van der Waals surface area contributed by atoms with Gasteiger partial charge >= 0.3 is 0 Å². The lowest BCUT2D eigenvalue weighted by Gasteiger charge is -2.33. The predicted octanol–water partition coefficient (Wildman–Crippen LogP) is 1.83. The summed E-state index contributed by atoms with van der Waals surface area (Å²) in [5.41, 5.74) is 3.14. The van der Waals surface area contributed by atoms with E-state index in [1.165, 1.54) is 0 Å². The van der Waals surface area contributed by atoms with Crippen LogP contribution in [0, 0.1) is 0 Å². The molecule has 1 aromatic heterocycles. The molecular weight excluding hydrogens is 292 g/mol. The van der Waals surface area contributed by atoms with E-state index in [-0.39, 0.29) is 11.9 Å². The third-order valence-corrected chi connectivity index (χ3v) is 4.76. The minimum Gasteiger partial charge on any atom is -0.376 e. The number of fused-ring (bicyclic) bond motifs is 1. The molecule has 120 valence electrons. The van der Waals surface area contributed by atoms with E-state index in [9.17, 15) is 4.79 Å². The predicted molar refractivity (Wildman–Crippen MR) is 84.0 cm³/mol. The van der Waals surface area contributed by atoms with Gasteiger partial charge in [-0.25, -0.2) is 4.68 Å². The number of piperidine rings is 1. The minimum atomic E-state index is 0.133. The van der Waals surface area contributed by atoms with Crippen LogP contribution in [0.15, 0.2) is 30.6 Å². The van der Waals surface area contributed by atoms with Crippen molar-refractivity contribution in [2.45, 2.75) is 31.9 Å². The third kappa shape index (κ3) is 2.74. The highest BCUT2D eigenvalue weighted by molar-refractivity contribution is 5.96. The minimum absolute atomic E-state index is 0.133. The number of benzene rings is 1. The van der Waals surface area contributed by atoms with Gasteiger partial charge in [-0.05, 0) is 36.5 Å². The second-order valence-electron chi connectivity index (χ2n) is 6.18. The fraction of sp³-hybridized carbons (Fsp3) is 0.471. The van der Waals surface area contributed by atoms with Gasteiger partial charge in [0.1, 0.15) is 0 Å². The molecule has 2 aliphatic heterocycles. The second kappa shape index (κ2) is 6.12. The molecule has 2 aliphatic rings. The lowest BCUT2D eigenvalue weighted by atomic mass is 9.95. The Morgan fingerprint density at radius 2 is 2.30 bits per heavy atom. The molecule has 2 aromatic rings. The van der Waals surface area contributed by atoms with Gasteiger partial charge in [0.25, 0.3) is 5.91 Å². The van der Waals surface area contributed by atoms with Gasteiger partial charge in [0, 0.05) is 24.8 Å². The van der Waals surface area contributed by atoms with E-state index < -0.39 is 0 Å². The molecule has 1 amide bonds. The molecule has 1 unspecified atom stereocenters. The highest BCUT2D eigenvalue weighted by Gasteiger charge is 2.28. The van der Waals surface area contributed by atoms with Gasteiger partial charge in [0.15, 0.2) is 0 Å². The maximum atomic E-state index is 13.0. The number of nitrogens with zero attached hydrogens (tertiary/aromatic N) is 4. The van der Waals surface area contributed by atoms with Crippen molar-refractivity contribution in [2.24, 2.45) is 0 Å². The first-order valence-electron chi connectivity index (χ1n) is 8.16. The first kappa shape index (κ1) is 14.4. The topological polar surface area (TPSA) is 60.2 Å². The van der Waals surface area contributed by atoms with Crippen molar-refractivity contribution in [3.63, 3.8) is 0 Å². The highest BCUT2D eigenvalue weighted by atomic mass is 16.5. The van der Waals surface area contributed by atoms with E-state index in [0.717, 1.165) is 42.5 Å². The van der Waals surface area contributed by atoms with Crippen LogP contribution in [0.1, 0.15) is 40.4 Å². The van der Waals surface area contributed by atoms with E-state index in [1.807, 2.05) is 27.9 Å². The molecule has 1 saturated heterocycles. The number of hydrogen-bond acceptors (Lipinski definition) is 4. The summed E-state index contributed by atoms with van der Waals surface area (Å²) in [7, 11) is 0. The average Bonchev–Trinajstić information content (AvgIpc) is 3.15. The summed E-state index contributed by atoms with van der Waals surface area (Å²) in [6.07, 6.45) is 6.41. The van der Waals surface area contributed by atoms with Crippen LogP contribution >= 0.6 is 0 Å². The molecule has 3 heterocycles. The lowest BCUT2D eigenvalue weighted by molar-refractivity contribution is 0.0666. The Labute approximate surface area is 135 Å². The third-order valence-electron chi connectivity index (χ3n) is 4.76. The number of aromatic nitrogens is 3. The number of rotatable bonds is 2. The van der Waals surface area contributed by atoms with E-state index in [4.69, 9.17) is 4.74 Å². The molecule has 0 saturated carbocycles. The largest absolute Gasteiger partial charge is 0.376 e. The first-order valence-corrected chi connectivity index (χ1v) is 8.16. The molecule has 1 aromatic carbocycles. The molecule has 0 aliphatic carbocycles. The van der Waals surface area contributed by atoms with Crippen molar-refractivity contribution < 1.29 is 9.53 Å². The van der Waals surface area contributed by atoms with Crippen molar-refractivity contribution in [2.75, 3.05) is 19.7 Å². The van der Waals surface area contributed by atoms with Crippen molar-refractivity contribution in [1.29, 1.82) is 0 Å². The van der Waals surface area contributed by atoms with Crippen molar-refractivity contribution in [3.05, 3.63) is 47.3 Å². The van der Waals surface area contributed by atoms with Crippen LogP contribution in [-0.2, 0) is 17.8 Å². The number of hydrogen-bond donors (Lipinski definition) is 0. The molecule has 0 N–H and O–H groups in total. The van der Waals surface area contributed by atoms with Gasteiger partial charge in [0.2, 0.25) is 0 Å². The zero-order valence-electron chi connectivity index (χ0n) is 13.0. The standard InChI is InChI=1S/C17H20N4O2/c22-17(16-5-1-3-13-12-23-10-6-15(13)16)20-8-2-4-14(11-20)21-9-7-18-19-21/h1,3,5,7,9,14H,2,4,6,8,10-12H2. The van der Waals surface area contributed by atoms with E-state index in [0.29, 0.717) is 19.8 Å². The summed E-state index contributed by atoms with van der Waals surface area (Å²) >= 11 is 0. The van der Waals surface area contributed by atoms with E-state index in [1.54, 1.807) is 6.20 Å². The van der Waals surface area contributed by atoms with Gasteiger partial charge in [0.05, 0.1) is 25.5 Å². The fourth-order valence-electron chi connectivity index (χ4n) is 3.56. The molecule has 4 rings (SSSR count). The number of ether oxygens (including phenoxy) is 1. The number of likely N-dealkylation sites (tertiary alicyclic amines) is 1. The van der Waals surface area contributed by atoms with E-state index in [2.05, 4.69) is 16.4 Å². The molecule has 0 radical (unpaired) electrons. The maximum Gasteiger partial charge on any atom is 0.254 e. The van der Waals surface area contributed by atoms with Crippen LogP contribution in [0.5, 0.6) is 0 Å². The highest BCUT2D eigenvalue weighted by Crippen LogP contribution is 2.26. The molecule has 0 bridgehead atoms. The molecule has 6 heteroatoms. The van der Waals surface area contributed by atoms with Gasteiger partial charge in [-0.2, -0.15) is 0 Å². The summed E-state index contributed by atoms with van der Waals surface area (Å²) in [4.78, 5) is 15.0. The van der Waals surface area contributed by atoms with Crippen LogP contribution in [0.3, 0.4) is 0 Å². The van der Waals surface area contributed by atoms with Gasteiger partial charge in [-0.3, -0.25) is 4.79 Å². The van der Waals surface area contributed by atoms with Gasteiger partial charge in [-0.1, -0.05) is 17.3 Å². The molecule has 0 spiro atoms. The Morgan fingerprint density at radius 3 is 3.17 bits per heavy atom. The Bertz CT molecular complexity index is 699. The number of carbonyl (C=O) groups is 1. The number of carbonyl (C=O) groups excluding carboxylic acids is 1. The summed E-state index contributed by atoms with van der Waals surface area (Å²) in [5, 5.41) is 7.97. The van der Waals surface area contributed by atoms with Crippen LogP contribution in [0.2, 0.25) is 0 Å². The average molecular weight is 312 g/mol. The Kier molecular flexibility index (Phi) is 3.83. The first-order chi connectivity index (χ1) is 11.3. The summed E-state index contributed by atoms with van der Waals surface area (Å²) in [6, 6.07) is 6.18. The van der Waals surface area contributed by atoms with Crippen LogP contribution in [0.4, 0.5) is 0 Å². The quantitative estimate of drug-likeness (QED) is 0.849. The summed E-state index contributed by atoms with van der Waals surface area (Å²) < 4.78 is 7.37. The van der Waals surface area contributed by atoms with E-state index >= 15 is 0 Å². The van der Waals surface area contributed by atoms with Crippen LogP contribution in [-0.4, -0.2) is 45.5 Å². The molecule has 6 nitrogen and oxygen atoms in total. The normalized spacial score (nSPS) is 21.0. The molecule has 23 heavy (non-hydrogen) atoms. The van der Waals surface area contributed by atoms with Gasteiger partial charge < -0.3 is 9.64 Å². The maximum absolute atomic E-state index is 13.0. The molecule has 1 fully saturated rings. The molecule has 1 atom stereocenters. The second-order valence-corrected chi connectivity index (χ2v) is 6.18. The summed E-state index contributed by atoms with van der Waals surface area (Å²) in [5.74, 6) is 0.133. The zero-order valence-corrected chi connectivity index (χ0v) is 13.0. The Balaban J connectivity index is 1.57. The van der Waals surface area contributed by atoms with Crippen molar-refractivity contribution >= 4 is 5.91 Å². The van der Waals surface area contributed by atoms with Crippen LogP contribution < -0.4 is 0 Å². The van der Waals surface area contributed by atoms with Gasteiger partial charge in [-0.15, -0.1) is 5.10 Å². The Morgan fingerprint density at radius 1 is 1.35 bits per heavy atom. The molecular formula is C17H20N4O2. The van der Waals surface area contributed by atoms with Crippen molar-refractivity contribution in [1.82, 2.24) is 19.9 Å². The monoisotopic (exact) mass is 312 g/mol. The Hall–Kier alpha value is -2.21. The van der Waals surface area contributed by atoms with Crippen molar-refractivity contribution in [3.8, 4) is 0 Å². The fourth-order valence-corrected chi connectivity index (χ4v) is 3.56. The number of amides is 1. The SMILES string of the molecule is O=C(c1cccc2c1CCOC2)N1CCCC(n2ccnn2)C1. The summed E-state index contributed by atoms with van der Waals surface area (Å²) in [6.45, 7) is 2.81. The zero-order chi connectivity index (χ0) is 15.6. The smallest absolute Gasteiger partial charge is 0.254 e. The van der Waals surface area contributed by atoms with Crippen LogP contribution in [0.25, 0.3) is 0 Å².